The zero-order chi connectivity index (χ0) is 33.0. The minimum absolute atomic E-state index is 0.314. The van der Waals surface area contributed by atoms with Gasteiger partial charge < -0.3 is 0 Å². The summed E-state index contributed by atoms with van der Waals surface area (Å²) in [4.78, 5) is 29.5. The van der Waals surface area contributed by atoms with Crippen molar-refractivity contribution < 1.29 is 0 Å². The van der Waals surface area contributed by atoms with Gasteiger partial charge in [0.1, 0.15) is 5.69 Å². The molecule has 0 radical (unpaired) electrons. The van der Waals surface area contributed by atoms with Crippen LogP contribution in [0, 0.1) is 0 Å². The summed E-state index contributed by atoms with van der Waals surface area (Å²) in [5, 5.41) is 2.16. The molecule has 0 amide bonds. The van der Waals surface area contributed by atoms with Crippen molar-refractivity contribution in [3.05, 3.63) is 139 Å². The molecule has 0 aliphatic rings. The number of hydrogen-bond donors (Lipinski definition) is 0. The maximum atomic E-state index is 5.27. The van der Waals surface area contributed by atoms with E-state index in [-0.39, 0.29) is 0 Å². The lowest BCUT2D eigenvalue weighted by Crippen LogP contribution is -2.03. The average molecular weight is 625 g/mol. The van der Waals surface area contributed by atoms with Crippen LogP contribution in [-0.4, -0.2) is 29.9 Å². The summed E-state index contributed by atoms with van der Waals surface area (Å²) in [6.07, 6.45) is 8.78. The molecule has 3 aromatic carbocycles. The Morgan fingerprint density at radius 2 is 1.42 bits per heavy atom. The van der Waals surface area contributed by atoms with E-state index in [4.69, 9.17) is 24.9 Å². The Bertz CT molecular complexity index is 2290. The van der Waals surface area contributed by atoms with E-state index in [1.54, 1.807) is 6.20 Å². The zero-order valence-electron chi connectivity index (χ0n) is 27.6. The Balaban J connectivity index is 1.38. The SMILES string of the molecule is C/C=C\C(=C/CC)c1nc(-c2ccc(-c3cc(-c4ccccc4)c4ccc5ccc(C(C)C)nc5c4n3)cc2)nc(-c2ccccn2)n1. The van der Waals surface area contributed by atoms with Crippen LogP contribution >= 0.6 is 0 Å². The van der Waals surface area contributed by atoms with E-state index < -0.39 is 0 Å². The molecule has 0 N–H and O–H groups in total. The molecule has 0 unspecified atom stereocenters. The summed E-state index contributed by atoms with van der Waals surface area (Å²) in [6, 6.07) is 35.3. The molecule has 7 aromatic rings. The van der Waals surface area contributed by atoms with E-state index >= 15 is 0 Å². The normalized spacial score (nSPS) is 12.1. The van der Waals surface area contributed by atoms with Crippen LogP contribution in [0.5, 0.6) is 0 Å². The van der Waals surface area contributed by atoms with Crippen molar-refractivity contribution in [3.63, 3.8) is 0 Å². The third kappa shape index (κ3) is 6.13. The van der Waals surface area contributed by atoms with Crippen molar-refractivity contribution >= 4 is 27.4 Å². The van der Waals surface area contributed by atoms with Crippen LogP contribution < -0.4 is 0 Å². The van der Waals surface area contributed by atoms with Gasteiger partial charge >= 0.3 is 0 Å². The van der Waals surface area contributed by atoms with Crippen LogP contribution in [0.1, 0.15) is 51.6 Å². The van der Waals surface area contributed by atoms with Crippen LogP contribution in [0.4, 0.5) is 0 Å². The van der Waals surface area contributed by atoms with Crippen molar-refractivity contribution in [2.75, 3.05) is 0 Å². The fourth-order valence-electron chi connectivity index (χ4n) is 5.88. The van der Waals surface area contributed by atoms with Crippen molar-refractivity contribution in [1.82, 2.24) is 29.9 Å². The van der Waals surface area contributed by atoms with Crippen molar-refractivity contribution in [2.24, 2.45) is 0 Å². The van der Waals surface area contributed by atoms with Gasteiger partial charge in [0.2, 0.25) is 0 Å². The first-order valence-electron chi connectivity index (χ1n) is 16.4. The van der Waals surface area contributed by atoms with Gasteiger partial charge in [-0.15, -0.1) is 0 Å². The predicted molar refractivity (Wildman–Crippen MR) is 197 cm³/mol. The number of nitrogens with zero attached hydrogens (tertiary/aromatic N) is 6. The summed E-state index contributed by atoms with van der Waals surface area (Å²) in [5.41, 5.74) is 9.55. The van der Waals surface area contributed by atoms with Gasteiger partial charge in [-0.3, -0.25) is 9.97 Å². The third-order valence-electron chi connectivity index (χ3n) is 8.33. The van der Waals surface area contributed by atoms with Gasteiger partial charge in [-0.05, 0) is 54.7 Å². The molecule has 7 rings (SSSR count). The molecule has 4 aromatic heterocycles. The van der Waals surface area contributed by atoms with Crippen LogP contribution in [-0.2, 0) is 0 Å². The number of allylic oxidation sites excluding steroid dienone is 4. The molecule has 0 aliphatic heterocycles. The smallest absolute Gasteiger partial charge is 0.182 e. The second kappa shape index (κ2) is 13.5. The van der Waals surface area contributed by atoms with E-state index in [0.717, 1.165) is 67.4 Å². The first kappa shape index (κ1) is 30.8. The van der Waals surface area contributed by atoms with Crippen LogP contribution in [0.2, 0.25) is 0 Å². The zero-order valence-corrected chi connectivity index (χ0v) is 27.6. The van der Waals surface area contributed by atoms with E-state index in [1.165, 1.54) is 0 Å². The molecule has 0 spiro atoms. The van der Waals surface area contributed by atoms with E-state index in [9.17, 15) is 0 Å². The largest absolute Gasteiger partial charge is 0.253 e. The predicted octanol–water partition coefficient (Wildman–Crippen LogP) is 10.5. The van der Waals surface area contributed by atoms with Gasteiger partial charge in [0.25, 0.3) is 0 Å². The molecule has 6 nitrogen and oxygen atoms in total. The Morgan fingerprint density at radius 3 is 2.15 bits per heavy atom. The summed E-state index contributed by atoms with van der Waals surface area (Å²) in [5.74, 6) is 2.06. The number of fused-ring (bicyclic) bond motifs is 3. The topological polar surface area (TPSA) is 77.3 Å². The molecule has 6 heteroatoms. The maximum absolute atomic E-state index is 5.27. The molecule has 4 heterocycles. The van der Waals surface area contributed by atoms with Gasteiger partial charge in [0.15, 0.2) is 17.5 Å². The maximum Gasteiger partial charge on any atom is 0.182 e. The van der Waals surface area contributed by atoms with Gasteiger partial charge in [-0.25, -0.2) is 19.9 Å². The minimum Gasteiger partial charge on any atom is -0.253 e. The second-order valence-electron chi connectivity index (χ2n) is 12.0. The standard InChI is InChI=1S/C42H36N6/c1-5-12-31(13-6-2)40-46-41(48-42(47-40)36-16-10-11-25-43-36)32-19-17-29(18-20-32)37-26-34(28-14-8-7-9-15-28)33-23-21-30-22-24-35(27(3)4)44-38(30)39(33)45-37/h5,7-27H,6H2,1-4H3/b12-5-,31-13+. The highest BCUT2D eigenvalue weighted by atomic mass is 15.0. The molecular formula is C42H36N6. The highest BCUT2D eigenvalue weighted by Gasteiger charge is 2.16. The summed E-state index contributed by atoms with van der Waals surface area (Å²) in [7, 11) is 0. The van der Waals surface area contributed by atoms with Crippen molar-refractivity contribution in [2.45, 2.75) is 40.0 Å². The Hall–Kier alpha value is -5.88. The van der Waals surface area contributed by atoms with Gasteiger partial charge in [0, 0.05) is 39.4 Å². The average Bonchev–Trinajstić information content (AvgIpc) is 3.14. The monoisotopic (exact) mass is 624 g/mol. The highest BCUT2D eigenvalue weighted by molar-refractivity contribution is 6.09. The summed E-state index contributed by atoms with van der Waals surface area (Å²) in [6.45, 7) is 8.45. The first-order chi connectivity index (χ1) is 23.5. The van der Waals surface area contributed by atoms with Crippen molar-refractivity contribution in [3.8, 4) is 45.3 Å². The summed E-state index contributed by atoms with van der Waals surface area (Å²) >= 11 is 0. The lowest BCUT2D eigenvalue weighted by molar-refractivity contribution is 0.830. The second-order valence-corrected chi connectivity index (χ2v) is 12.0. The number of rotatable bonds is 8. The quantitative estimate of drug-likeness (QED) is 0.124. The van der Waals surface area contributed by atoms with Gasteiger partial charge in [0.05, 0.1) is 16.7 Å². The van der Waals surface area contributed by atoms with E-state index in [1.807, 2.05) is 43.3 Å². The highest BCUT2D eigenvalue weighted by Crippen LogP contribution is 2.36. The number of benzene rings is 3. The van der Waals surface area contributed by atoms with Crippen LogP contribution in [0.25, 0.3) is 72.7 Å². The molecule has 0 aliphatic carbocycles. The van der Waals surface area contributed by atoms with Crippen LogP contribution in [0.3, 0.4) is 0 Å². The molecule has 0 atom stereocenters. The Labute approximate surface area is 281 Å². The lowest BCUT2D eigenvalue weighted by Gasteiger charge is -2.14. The van der Waals surface area contributed by atoms with Gasteiger partial charge in [-0.2, -0.15) is 0 Å². The molecular weight excluding hydrogens is 589 g/mol. The molecule has 0 saturated heterocycles. The molecule has 48 heavy (non-hydrogen) atoms. The number of pyridine rings is 3. The minimum atomic E-state index is 0.314. The Kier molecular flexibility index (Phi) is 8.63. The van der Waals surface area contributed by atoms with Crippen LogP contribution in [0.15, 0.2) is 128 Å². The number of hydrogen-bond acceptors (Lipinski definition) is 6. The van der Waals surface area contributed by atoms with E-state index in [0.29, 0.717) is 29.1 Å². The molecule has 234 valence electrons. The molecule has 0 saturated carbocycles. The summed E-state index contributed by atoms with van der Waals surface area (Å²) < 4.78 is 0. The molecule has 0 bridgehead atoms. The molecule has 0 fully saturated rings. The first-order valence-corrected chi connectivity index (χ1v) is 16.4. The fraction of sp³-hybridized carbons (Fsp3) is 0.143. The fourth-order valence-corrected chi connectivity index (χ4v) is 5.88. The third-order valence-corrected chi connectivity index (χ3v) is 8.33. The Morgan fingerprint density at radius 1 is 0.667 bits per heavy atom. The number of aromatic nitrogens is 6. The van der Waals surface area contributed by atoms with E-state index in [2.05, 4.69) is 111 Å². The lowest BCUT2D eigenvalue weighted by atomic mass is 9.96. The van der Waals surface area contributed by atoms with Gasteiger partial charge in [-0.1, -0.05) is 118 Å². The van der Waals surface area contributed by atoms with Crippen molar-refractivity contribution in [1.29, 1.82) is 0 Å².